The molecule has 3 heteroatoms. The molecule has 1 aromatic carbocycles. The van der Waals surface area contributed by atoms with E-state index in [1.807, 2.05) is 12.1 Å². The Kier molecular flexibility index (Phi) is 4.00. The Morgan fingerprint density at radius 2 is 2.12 bits per heavy atom. The summed E-state index contributed by atoms with van der Waals surface area (Å²) >= 11 is 3.41. The van der Waals surface area contributed by atoms with Gasteiger partial charge in [-0.15, -0.1) is 0 Å². The van der Waals surface area contributed by atoms with E-state index < -0.39 is 5.97 Å². The zero-order chi connectivity index (χ0) is 12.3. The standard InChI is InChI=1S/C14H15BrO2/c15-13-6-4-10(5-7-13)8-11-2-1-3-12(11)9-14(16)17/h4-7,9,11H,1-3,8H2,(H,16,17)/b12-9+. The van der Waals surface area contributed by atoms with Gasteiger partial charge in [-0.1, -0.05) is 33.6 Å². The quantitative estimate of drug-likeness (QED) is 0.861. The molecule has 1 aromatic rings. The lowest BCUT2D eigenvalue weighted by Crippen LogP contribution is -2.03. The zero-order valence-electron chi connectivity index (χ0n) is 9.53. The minimum absolute atomic E-state index is 0.410. The van der Waals surface area contributed by atoms with Crippen LogP contribution in [0.3, 0.4) is 0 Å². The number of carboxylic acids is 1. The molecule has 1 N–H and O–H groups in total. The van der Waals surface area contributed by atoms with Gasteiger partial charge in [-0.25, -0.2) is 4.79 Å². The maximum absolute atomic E-state index is 10.7. The lowest BCUT2D eigenvalue weighted by molar-refractivity contribution is -0.131. The van der Waals surface area contributed by atoms with Crippen molar-refractivity contribution in [2.75, 3.05) is 0 Å². The van der Waals surface area contributed by atoms with Crippen LogP contribution < -0.4 is 0 Å². The third-order valence-electron chi connectivity index (χ3n) is 3.25. The average Bonchev–Trinajstić information content (AvgIpc) is 2.68. The van der Waals surface area contributed by atoms with Crippen molar-refractivity contribution in [3.05, 3.63) is 46.0 Å². The van der Waals surface area contributed by atoms with E-state index in [1.54, 1.807) is 0 Å². The van der Waals surface area contributed by atoms with Crippen molar-refractivity contribution in [1.82, 2.24) is 0 Å². The van der Waals surface area contributed by atoms with Gasteiger partial charge < -0.3 is 5.11 Å². The number of allylic oxidation sites excluding steroid dienone is 1. The second-order valence-corrected chi connectivity index (χ2v) is 5.39. The molecular weight excluding hydrogens is 280 g/mol. The van der Waals surface area contributed by atoms with E-state index in [9.17, 15) is 4.79 Å². The van der Waals surface area contributed by atoms with E-state index >= 15 is 0 Å². The third kappa shape index (κ3) is 3.43. The Balaban J connectivity index is 2.07. The number of hydrogen-bond donors (Lipinski definition) is 1. The Morgan fingerprint density at radius 3 is 2.76 bits per heavy atom. The predicted octanol–water partition coefficient (Wildman–Crippen LogP) is 3.80. The molecule has 17 heavy (non-hydrogen) atoms. The number of halogens is 1. The first-order valence-electron chi connectivity index (χ1n) is 5.83. The van der Waals surface area contributed by atoms with Crippen LogP contribution in [-0.4, -0.2) is 11.1 Å². The van der Waals surface area contributed by atoms with Gasteiger partial charge >= 0.3 is 5.97 Å². The summed E-state index contributed by atoms with van der Waals surface area (Å²) in [6.07, 6.45) is 5.51. The minimum Gasteiger partial charge on any atom is -0.478 e. The molecule has 1 unspecified atom stereocenters. The first-order chi connectivity index (χ1) is 8.15. The van der Waals surface area contributed by atoms with Gasteiger partial charge in [0, 0.05) is 10.5 Å². The highest BCUT2D eigenvalue weighted by molar-refractivity contribution is 9.10. The molecule has 0 bridgehead atoms. The molecule has 0 amide bonds. The zero-order valence-corrected chi connectivity index (χ0v) is 11.1. The lowest BCUT2D eigenvalue weighted by Gasteiger charge is -2.11. The second kappa shape index (κ2) is 5.50. The molecule has 0 spiro atoms. The van der Waals surface area contributed by atoms with Crippen LogP contribution in [0.25, 0.3) is 0 Å². The molecule has 1 fully saturated rings. The number of carbonyl (C=O) groups is 1. The molecule has 1 saturated carbocycles. The molecule has 2 rings (SSSR count). The topological polar surface area (TPSA) is 37.3 Å². The van der Waals surface area contributed by atoms with Gasteiger partial charge in [0.05, 0.1) is 0 Å². The average molecular weight is 295 g/mol. The number of aliphatic carboxylic acids is 1. The van der Waals surface area contributed by atoms with Gasteiger partial charge in [-0.05, 0) is 49.3 Å². The number of carboxylic acid groups (broad SMARTS) is 1. The van der Waals surface area contributed by atoms with E-state index in [0.717, 1.165) is 35.7 Å². The molecule has 2 nitrogen and oxygen atoms in total. The highest BCUT2D eigenvalue weighted by atomic mass is 79.9. The summed E-state index contributed by atoms with van der Waals surface area (Å²) in [5.41, 5.74) is 2.37. The number of hydrogen-bond acceptors (Lipinski definition) is 1. The largest absolute Gasteiger partial charge is 0.478 e. The molecule has 0 saturated heterocycles. The molecule has 0 aliphatic heterocycles. The van der Waals surface area contributed by atoms with Crippen LogP contribution in [0.1, 0.15) is 24.8 Å². The fourth-order valence-electron chi connectivity index (χ4n) is 2.43. The Labute approximate surface area is 109 Å². The van der Waals surface area contributed by atoms with Crippen LogP contribution in [0.2, 0.25) is 0 Å². The predicted molar refractivity (Wildman–Crippen MR) is 70.9 cm³/mol. The van der Waals surface area contributed by atoms with E-state index in [0.29, 0.717) is 5.92 Å². The van der Waals surface area contributed by atoms with Gasteiger partial charge in [-0.3, -0.25) is 0 Å². The van der Waals surface area contributed by atoms with Crippen molar-refractivity contribution >= 4 is 21.9 Å². The van der Waals surface area contributed by atoms with Crippen LogP contribution in [0, 0.1) is 5.92 Å². The van der Waals surface area contributed by atoms with Crippen molar-refractivity contribution in [3.8, 4) is 0 Å². The summed E-state index contributed by atoms with van der Waals surface area (Å²) in [4.78, 5) is 10.7. The molecule has 1 aliphatic carbocycles. The maximum atomic E-state index is 10.7. The molecule has 0 aromatic heterocycles. The van der Waals surface area contributed by atoms with Crippen LogP contribution in [-0.2, 0) is 11.2 Å². The van der Waals surface area contributed by atoms with Gasteiger partial charge in [0.15, 0.2) is 0 Å². The molecule has 0 radical (unpaired) electrons. The normalized spacial score (nSPS) is 21.9. The monoisotopic (exact) mass is 294 g/mol. The van der Waals surface area contributed by atoms with Crippen molar-refractivity contribution in [1.29, 1.82) is 0 Å². The summed E-state index contributed by atoms with van der Waals surface area (Å²) < 4.78 is 1.08. The fraction of sp³-hybridized carbons (Fsp3) is 0.357. The summed E-state index contributed by atoms with van der Waals surface area (Å²) in [5.74, 6) is -0.407. The van der Waals surface area contributed by atoms with E-state index in [4.69, 9.17) is 5.11 Å². The third-order valence-corrected chi connectivity index (χ3v) is 3.78. The van der Waals surface area contributed by atoms with E-state index in [1.165, 1.54) is 11.6 Å². The van der Waals surface area contributed by atoms with Crippen molar-refractivity contribution in [2.45, 2.75) is 25.7 Å². The number of rotatable bonds is 3. The van der Waals surface area contributed by atoms with Gasteiger partial charge in [0.25, 0.3) is 0 Å². The van der Waals surface area contributed by atoms with Gasteiger partial charge in [0.1, 0.15) is 0 Å². The SMILES string of the molecule is O=C(O)/C=C1\CCCC1Cc1ccc(Br)cc1. The van der Waals surface area contributed by atoms with Crippen LogP contribution in [0.15, 0.2) is 40.4 Å². The smallest absolute Gasteiger partial charge is 0.328 e. The summed E-state index contributed by atoms with van der Waals surface area (Å²) in [5, 5.41) is 8.81. The highest BCUT2D eigenvalue weighted by Crippen LogP contribution is 2.33. The van der Waals surface area contributed by atoms with E-state index in [-0.39, 0.29) is 0 Å². The van der Waals surface area contributed by atoms with Gasteiger partial charge in [0.2, 0.25) is 0 Å². The van der Waals surface area contributed by atoms with Crippen LogP contribution in [0.5, 0.6) is 0 Å². The highest BCUT2D eigenvalue weighted by Gasteiger charge is 2.21. The second-order valence-electron chi connectivity index (χ2n) is 4.48. The first-order valence-corrected chi connectivity index (χ1v) is 6.62. The molecule has 0 heterocycles. The van der Waals surface area contributed by atoms with Gasteiger partial charge in [-0.2, -0.15) is 0 Å². The maximum Gasteiger partial charge on any atom is 0.328 e. The Bertz CT molecular complexity index is 434. The molecule has 1 aliphatic rings. The summed E-state index contributed by atoms with van der Waals surface area (Å²) in [7, 11) is 0. The summed E-state index contributed by atoms with van der Waals surface area (Å²) in [6, 6.07) is 8.26. The Hall–Kier alpha value is -1.09. The van der Waals surface area contributed by atoms with Crippen molar-refractivity contribution in [3.63, 3.8) is 0 Å². The number of benzene rings is 1. The molecule has 1 atom stereocenters. The summed E-state index contributed by atoms with van der Waals surface area (Å²) in [6.45, 7) is 0. The lowest BCUT2D eigenvalue weighted by atomic mass is 9.94. The first kappa shape index (κ1) is 12.4. The van der Waals surface area contributed by atoms with E-state index in [2.05, 4.69) is 28.1 Å². The van der Waals surface area contributed by atoms with Crippen LogP contribution >= 0.6 is 15.9 Å². The van der Waals surface area contributed by atoms with Crippen molar-refractivity contribution < 1.29 is 9.90 Å². The molecular formula is C14H15BrO2. The fourth-order valence-corrected chi connectivity index (χ4v) is 2.69. The minimum atomic E-state index is -0.817. The van der Waals surface area contributed by atoms with Crippen molar-refractivity contribution in [2.24, 2.45) is 5.92 Å². The van der Waals surface area contributed by atoms with Crippen LogP contribution in [0.4, 0.5) is 0 Å². The Morgan fingerprint density at radius 1 is 1.41 bits per heavy atom. The molecule has 90 valence electrons.